The number of benzene rings is 1. The zero-order valence-corrected chi connectivity index (χ0v) is 10.4. The normalized spacial score (nSPS) is 12.1. The molecule has 0 saturated heterocycles. The van der Waals surface area contributed by atoms with Crippen LogP contribution in [0.2, 0.25) is 0 Å². The van der Waals surface area contributed by atoms with Gasteiger partial charge in [-0.05, 0) is 46.4 Å². The van der Waals surface area contributed by atoms with E-state index in [0.717, 1.165) is 6.08 Å². The standard InChI is InChI=1S/C11H5F3INO/c12-11(13,14)10(17)9(15)5-7-1-3-8(6-16)4-2-7/h1-5H/b9-5-. The molecule has 0 saturated carbocycles. The van der Waals surface area contributed by atoms with Gasteiger partial charge in [-0.1, -0.05) is 12.1 Å². The van der Waals surface area contributed by atoms with Gasteiger partial charge in [0.2, 0.25) is 0 Å². The molecule has 0 N–H and O–H groups in total. The number of allylic oxidation sites excluding steroid dienone is 1. The van der Waals surface area contributed by atoms with E-state index in [0.29, 0.717) is 11.1 Å². The fourth-order valence-electron chi connectivity index (χ4n) is 1.00. The Hall–Kier alpha value is -1.36. The summed E-state index contributed by atoms with van der Waals surface area (Å²) in [5, 5.41) is 8.54. The summed E-state index contributed by atoms with van der Waals surface area (Å²) in [7, 11) is 0. The van der Waals surface area contributed by atoms with Gasteiger partial charge in [-0.2, -0.15) is 18.4 Å². The summed E-state index contributed by atoms with van der Waals surface area (Å²) in [5.74, 6) is -1.87. The first kappa shape index (κ1) is 13.7. The molecule has 17 heavy (non-hydrogen) atoms. The molecule has 0 atom stereocenters. The summed E-state index contributed by atoms with van der Waals surface area (Å²) < 4.78 is 35.8. The third kappa shape index (κ3) is 3.85. The molecular formula is C11H5F3INO. The van der Waals surface area contributed by atoms with Crippen molar-refractivity contribution >= 4 is 34.5 Å². The van der Waals surface area contributed by atoms with Gasteiger partial charge in [0.1, 0.15) is 0 Å². The van der Waals surface area contributed by atoms with Gasteiger partial charge in [0, 0.05) is 0 Å². The summed E-state index contributed by atoms with van der Waals surface area (Å²) >= 11 is 1.34. The first-order valence-corrected chi connectivity index (χ1v) is 5.41. The second-order valence-electron chi connectivity index (χ2n) is 3.05. The number of rotatable bonds is 2. The van der Waals surface area contributed by atoms with Gasteiger partial charge < -0.3 is 0 Å². The summed E-state index contributed by atoms with van der Waals surface area (Å²) in [6, 6.07) is 7.76. The predicted octanol–water partition coefficient (Wildman–Crippen LogP) is 3.47. The monoisotopic (exact) mass is 351 g/mol. The highest BCUT2D eigenvalue weighted by Crippen LogP contribution is 2.25. The minimum Gasteiger partial charge on any atom is -0.283 e. The number of carbonyl (C=O) groups is 1. The zero-order valence-electron chi connectivity index (χ0n) is 8.25. The molecule has 0 aliphatic heterocycles. The van der Waals surface area contributed by atoms with E-state index in [9.17, 15) is 18.0 Å². The lowest BCUT2D eigenvalue weighted by Crippen LogP contribution is -2.22. The summed E-state index contributed by atoms with van der Waals surface area (Å²) in [4.78, 5) is 10.8. The van der Waals surface area contributed by atoms with Crippen molar-refractivity contribution in [3.63, 3.8) is 0 Å². The number of Topliss-reactive ketones (excluding diaryl/α,β-unsaturated/α-hetero) is 1. The van der Waals surface area contributed by atoms with Gasteiger partial charge in [0.15, 0.2) is 0 Å². The van der Waals surface area contributed by atoms with Gasteiger partial charge in [-0.3, -0.25) is 4.79 Å². The van der Waals surface area contributed by atoms with Crippen molar-refractivity contribution in [3.05, 3.63) is 39.0 Å². The summed E-state index contributed by atoms with van der Waals surface area (Å²) in [6.45, 7) is 0. The molecule has 6 heteroatoms. The Morgan fingerprint density at radius 1 is 1.29 bits per heavy atom. The van der Waals surface area contributed by atoms with Crippen LogP contribution in [0, 0.1) is 11.3 Å². The Morgan fingerprint density at radius 2 is 1.82 bits per heavy atom. The van der Waals surface area contributed by atoms with Crippen molar-refractivity contribution in [2.24, 2.45) is 0 Å². The third-order valence-electron chi connectivity index (χ3n) is 1.81. The molecule has 0 spiro atoms. The average molecular weight is 351 g/mol. The SMILES string of the molecule is N#Cc1ccc(/C=C(\I)C(=O)C(F)(F)F)cc1. The smallest absolute Gasteiger partial charge is 0.283 e. The largest absolute Gasteiger partial charge is 0.455 e. The maximum absolute atomic E-state index is 12.1. The lowest BCUT2D eigenvalue weighted by molar-refractivity contribution is -0.165. The first-order chi connectivity index (χ1) is 7.84. The maximum atomic E-state index is 12.1. The van der Waals surface area contributed by atoms with Gasteiger partial charge in [0.25, 0.3) is 5.78 Å². The number of carbonyl (C=O) groups excluding carboxylic acids is 1. The highest BCUT2D eigenvalue weighted by Gasteiger charge is 2.39. The second-order valence-corrected chi connectivity index (χ2v) is 4.22. The van der Waals surface area contributed by atoms with Crippen LogP contribution in [0.25, 0.3) is 6.08 Å². The Balaban J connectivity index is 2.96. The van der Waals surface area contributed by atoms with Crippen LogP contribution >= 0.6 is 22.6 Å². The number of alkyl halides is 3. The van der Waals surface area contributed by atoms with E-state index in [2.05, 4.69) is 0 Å². The quantitative estimate of drug-likeness (QED) is 0.605. The topological polar surface area (TPSA) is 40.9 Å². The molecule has 1 aromatic rings. The van der Waals surface area contributed by atoms with Crippen molar-refractivity contribution in [2.75, 3.05) is 0 Å². The fraction of sp³-hybridized carbons (Fsp3) is 0.0909. The Bertz CT molecular complexity index is 497. The van der Waals surface area contributed by atoms with Crippen LogP contribution in [0.5, 0.6) is 0 Å². The summed E-state index contributed by atoms with van der Waals surface area (Å²) in [6.07, 6.45) is -3.74. The maximum Gasteiger partial charge on any atom is 0.455 e. The minimum atomic E-state index is -4.86. The van der Waals surface area contributed by atoms with Gasteiger partial charge in [-0.15, -0.1) is 0 Å². The molecule has 1 rings (SSSR count). The average Bonchev–Trinajstić information content (AvgIpc) is 2.27. The Labute approximate surface area is 109 Å². The molecule has 0 aliphatic carbocycles. The van der Waals surface area contributed by atoms with Crippen LogP contribution < -0.4 is 0 Å². The molecule has 0 radical (unpaired) electrons. The van der Waals surface area contributed by atoms with Gasteiger partial charge in [-0.25, -0.2) is 0 Å². The van der Waals surface area contributed by atoms with E-state index >= 15 is 0 Å². The lowest BCUT2D eigenvalue weighted by Gasteiger charge is -2.03. The van der Waals surface area contributed by atoms with E-state index in [4.69, 9.17) is 5.26 Å². The number of nitriles is 1. The van der Waals surface area contributed by atoms with E-state index in [1.54, 1.807) is 0 Å². The van der Waals surface area contributed by atoms with Crippen LogP contribution in [-0.2, 0) is 4.79 Å². The van der Waals surface area contributed by atoms with E-state index in [-0.39, 0.29) is 0 Å². The molecule has 0 unspecified atom stereocenters. The molecular weight excluding hydrogens is 346 g/mol. The van der Waals surface area contributed by atoms with Crippen LogP contribution in [0.4, 0.5) is 13.2 Å². The number of hydrogen-bond acceptors (Lipinski definition) is 2. The Kier molecular flexibility index (Phi) is 4.28. The molecule has 2 nitrogen and oxygen atoms in total. The highest BCUT2D eigenvalue weighted by atomic mass is 127. The van der Waals surface area contributed by atoms with Crippen molar-refractivity contribution < 1.29 is 18.0 Å². The number of ketones is 1. The predicted molar refractivity (Wildman–Crippen MR) is 64.2 cm³/mol. The Morgan fingerprint density at radius 3 is 2.24 bits per heavy atom. The van der Waals surface area contributed by atoms with Crippen LogP contribution in [0.15, 0.2) is 27.8 Å². The van der Waals surface area contributed by atoms with Crippen molar-refractivity contribution in [1.82, 2.24) is 0 Å². The van der Waals surface area contributed by atoms with E-state index in [1.165, 1.54) is 46.9 Å². The van der Waals surface area contributed by atoms with Crippen LogP contribution in [0.1, 0.15) is 11.1 Å². The lowest BCUT2D eigenvalue weighted by atomic mass is 10.1. The second kappa shape index (κ2) is 5.31. The highest BCUT2D eigenvalue weighted by molar-refractivity contribution is 14.1. The molecule has 0 bridgehead atoms. The van der Waals surface area contributed by atoms with Crippen LogP contribution in [-0.4, -0.2) is 12.0 Å². The molecule has 0 aromatic heterocycles. The number of hydrogen-bond donors (Lipinski definition) is 0. The fourth-order valence-corrected chi connectivity index (χ4v) is 1.67. The molecule has 0 heterocycles. The minimum absolute atomic E-state index is 0.402. The van der Waals surface area contributed by atoms with E-state index in [1.807, 2.05) is 6.07 Å². The molecule has 0 fully saturated rings. The number of halogens is 4. The van der Waals surface area contributed by atoms with Crippen molar-refractivity contribution in [1.29, 1.82) is 5.26 Å². The molecule has 0 aliphatic rings. The van der Waals surface area contributed by atoms with Gasteiger partial charge >= 0.3 is 6.18 Å². The van der Waals surface area contributed by atoms with E-state index < -0.39 is 15.5 Å². The number of nitrogens with zero attached hydrogens (tertiary/aromatic N) is 1. The zero-order chi connectivity index (χ0) is 13.1. The van der Waals surface area contributed by atoms with Gasteiger partial charge in [0.05, 0.1) is 15.2 Å². The third-order valence-corrected chi connectivity index (χ3v) is 2.61. The van der Waals surface area contributed by atoms with Crippen molar-refractivity contribution in [2.45, 2.75) is 6.18 Å². The van der Waals surface area contributed by atoms with Crippen molar-refractivity contribution in [3.8, 4) is 6.07 Å². The van der Waals surface area contributed by atoms with Crippen LogP contribution in [0.3, 0.4) is 0 Å². The first-order valence-electron chi connectivity index (χ1n) is 4.33. The molecule has 0 amide bonds. The molecule has 1 aromatic carbocycles. The molecule has 88 valence electrons. The summed E-state index contributed by atoms with van der Waals surface area (Å²) in [5.41, 5.74) is 0.838.